The summed E-state index contributed by atoms with van der Waals surface area (Å²) in [5.74, 6) is -5.48. The molecule has 0 saturated carbocycles. The van der Waals surface area contributed by atoms with E-state index in [1.54, 1.807) is 11.0 Å². The first-order valence-corrected chi connectivity index (χ1v) is 12.5. The zero-order chi connectivity index (χ0) is 30.1. The molecule has 2 heterocycles. The lowest BCUT2D eigenvalue weighted by molar-refractivity contribution is -0.168. The number of hydrogen-bond donors (Lipinski definition) is 2. The number of primary amides is 1. The number of carbonyl (C=O) groups is 1. The summed E-state index contributed by atoms with van der Waals surface area (Å²) in [5, 5.41) is 29.1. The van der Waals surface area contributed by atoms with Crippen LogP contribution in [0, 0.1) is 34.3 Å². The van der Waals surface area contributed by atoms with Crippen LogP contribution in [0.15, 0.2) is 42.5 Å². The second kappa shape index (κ2) is 11.1. The molecule has 0 aliphatic carbocycles. The van der Waals surface area contributed by atoms with E-state index in [0.29, 0.717) is 37.8 Å². The Morgan fingerprint density at radius 3 is 2.24 bits per heavy atom. The Kier molecular flexibility index (Phi) is 7.91. The van der Waals surface area contributed by atoms with Crippen LogP contribution in [-0.4, -0.2) is 41.0 Å². The van der Waals surface area contributed by atoms with Gasteiger partial charge in [0, 0.05) is 48.2 Å². The molecule has 1 fully saturated rings. The topological polar surface area (TPSA) is 136 Å². The lowest BCUT2D eigenvalue weighted by Gasteiger charge is -2.32. The maximum atomic E-state index is 15.5. The number of pyridine rings is 1. The van der Waals surface area contributed by atoms with Crippen LogP contribution in [0.3, 0.4) is 0 Å². The number of amides is 1. The van der Waals surface area contributed by atoms with Crippen molar-refractivity contribution in [2.45, 2.75) is 44.3 Å². The van der Waals surface area contributed by atoms with Gasteiger partial charge in [-0.2, -0.15) is 19.3 Å². The summed E-state index contributed by atoms with van der Waals surface area (Å²) in [7, 11) is 0. The fraction of sp³-hybridized carbons (Fsp3) is 0.310. The predicted molar refractivity (Wildman–Crippen MR) is 141 cm³/mol. The third kappa shape index (κ3) is 5.79. The van der Waals surface area contributed by atoms with Crippen molar-refractivity contribution in [3.05, 3.63) is 70.8 Å². The van der Waals surface area contributed by atoms with Crippen molar-refractivity contribution in [1.29, 1.82) is 10.5 Å². The maximum absolute atomic E-state index is 15.5. The van der Waals surface area contributed by atoms with E-state index in [-0.39, 0.29) is 33.5 Å². The molecule has 0 spiro atoms. The first kappa shape index (κ1) is 29.3. The summed E-state index contributed by atoms with van der Waals surface area (Å²) in [6.07, 6.45) is -0.461. The molecule has 0 radical (unpaired) electrons. The highest BCUT2D eigenvalue weighted by Gasteiger charge is 2.47. The van der Waals surface area contributed by atoms with Gasteiger partial charge in [0.2, 0.25) is 0 Å². The molecule has 1 aliphatic rings. The molecule has 3 aromatic rings. The molecule has 0 bridgehead atoms. The Morgan fingerprint density at radius 1 is 1.05 bits per heavy atom. The number of aromatic nitrogens is 1. The van der Waals surface area contributed by atoms with Crippen LogP contribution in [0.5, 0.6) is 0 Å². The van der Waals surface area contributed by atoms with Crippen LogP contribution in [0.25, 0.3) is 22.4 Å². The van der Waals surface area contributed by atoms with E-state index in [0.717, 1.165) is 32.0 Å². The summed E-state index contributed by atoms with van der Waals surface area (Å²) in [6, 6.07) is 11.3. The summed E-state index contributed by atoms with van der Waals surface area (Å²) in [5.41, 5.74) is 1.33. The second-order valence-corrected chi connectivity index (χ2v) is 10.1. The number of aliphatic hydroxyl groups is 1. The molecule has 0 unspecified atom stereocenters. The Morgan fingerprint density at radius 2 is 1.71 bits per heavy atom. The average molecular weight is 568 g/mol. The molecule has 2 aromatic carbocycles. The van der Waals surface area contributed by atoms with Gasteiger partial charge in [0.05, 0.1) is 22.9 Å². The van der Waals surface area contributed by atoms with E-state index in [1.165, 1.54) is 18.2 Å². The Balaban J connectivity index is 1.88. The van der Waals surface area contributed by atoms with Gasteiger partial charge in [0.1, 0.15) is 35.2 Å². The number of anilines is 1. The van der Waals surface area contributed by atoms with Gasteiger partial charge < -0.3 is 20.5 Å². The number of ether oxygens (including phenoxy) is 1. The monoisotopic (exact) mass is 567 g/mol. The van der Waals surface area contributed by atoms with Crippen molar-refractivity contribution in [1.82, 2.24) is 4.98 Å². The number of rotatable bonds is 6. The first-order chi connectivity index (χ1) is 19.3. The summed E-state index contributed by atoms with van der Waals surface area (Å²) in [4.78, 5) is 17.5. The molecule has 1 saturated heterocycles. The van der Waals surface area contributed by atoms with Gasteiger partial charge in [-0.05, 0) is 38.1 Å². The first-order valence-electron chi connectivity index (χ1n) is 12.5. The van der Waals surface area contributed by atoms with Gasteiger partial charge >= 0.3 is 12.0 Å². The van der Waals surface area contributed by atoms with Crippen molar-refractivity contribution in [2.24, 2.45) is 5.73 Å². The molecule has 41 heavy (non-hydrogen) atoms. The van der Waals surface area contributed by atoms with Crippen LogP contribution in [-0.2, 0) is 10.7 Å². The van der Waals surface area contributed by atoms with Gasteiger partial charge in [-0.1, -0.05) is 18.2 Å². The normalized spacial score (nSPS) is 14.3. The van der Waals surface area contributed by atoms with Gasteiger partial charge in [0.25, 0.3) is 0 Å². The van der Waals surface area contributed by atoms with Crippen LogP contribution < -0.4 is 10.6 Å². The van der Waals surface area contributed by atoms with Gasteiger partial charge in [-0.15, -0.1) is 0 Å². The number of halogens is 4. The fourth-order valence-electron chi connectivity index (χ4n) is 4.65. The van der Waals surface area contributed by atoms with Crippen molar-refractivity contribution >= 4 is 11.9 Å². The molecule has 12 heteroatoms. The highest BCUT2D eigenvalue weighted by atomic mass is 19.3. The van der Waals surface area contributed by atoms with Crippen LogP contribution >= 0.6 is 0 Å². The largest absolute Gasteiger partial charge is 0.446 e. The van der Waals surface area contributed by atoms with Crippen molar-refractivity contribution in [2.75, 3.05) is 18.0 Å². The van der Waals surface area contributed by atoms with Crippen LogP contribution in [0.2, 0.25) is 0 Å². The standard InChI is InChI=1S/C29H25F4N5O3/c1-28(2,40)29(32,33)19-5-6-21(23(31)13-19)25-18(15-35)12-24(38-9-7-20(8-10-38)41-27(36)39)37-26(25)16-3-4-17(14-34)22(30)11-16/h3-6,11-13,20,40H,7-10H2,1-2H3,(H2,36,39). The maximum Gasteiger partial charge on any atom is 0.404 e. The Hall–Kier alpha value is -4.68. The SMILES string of the molecule is CC(C)(O)C(F)(F)c1ccc(-c2c(C#N)cc(N3CCC(OC(N)=O)CC3)nc2-c2ccc(C#N)c(F)c2)c(F)c1. The second-order valence-electron chi connectivity index (χ2n) is 10.1. The van der Waals surface area contributed by atoms with E-state index in [4.69, 9.17) is 15.7 Å². The number of carbonyl (C=O) groups excluding carboxylic acids is 1. The zero-order valence-corrected chi connectivity index (χ0v) is 22.1. The van der Waals surface area contributed by atoms with E-state index < -0.39 is 40.9 Å². The van der Waals surface area contributed by atoms with Gasteiger partial charge in [-0.3, -0.25) is 0 Å². The van der Waals surface area contributed by atoms with Crippen molar-refractivity contribution < 1.29 is 32.2 Å². The third-order valence-corrected chi connectivity index (χ3v) is 6.91. The molecular weight excluding hydrogens is 542 g/mol. The van der Waals surface area contributed by atoms with E-state index in [2.05, 4.69) is 4.98 Å². The van der Waals surface area contributed by atoms with Crippen molar-refractivity contribution in [3.63, 3.8) is 0 Å². The van der Waals surface area contributed by atoms with Crippen molar-refractivity contribution in [3.8, 4) is 34.5 Å². The molecule has 0 atom stereocenters. The predicted octanol–water partition coefficient (Wildman–Crippen LogP) is 5.36. The number of benzene rings is 2. The molecule has 212 valence electrons. The third-order valence-electron chi connectivity index (χ3n) is 6.91. The average Bonchev–Trinajstić information content (AvgIpc) is 2.91. The highest BCUT2D eigenvalue weighted by molar-refractivity contribution is 5.87. The Labute approximate surface area is 233 Å². The summed E-state index contributed by atoms with van der Waals surface area (Å²) < 4.78 is 64.8. The Bertz CT molecular complexity index is 1580. The number of alkyl halides is 2. The number of nitrogens with zero attached hydrogens (tertiary/aromatic N) is 4. The smallest absolute Gasteiger partial charge is 0.404 e. The minimum absolute atomic E-state index is 0.0150. The zero-order valence-electron chi connectivity index (χ0n) is 22.1. The molecule has 8 nitrogen and oxygen atoms in total. The highest BCUT2D eigenvalue weighted by Crippen LogP contribution is 2.42. The molecule has 1 amide bonds. The molecule has 1 aromatic heterocycles. The van der Waals surface area contributed by atoms with Gasteiger partial charge in [0.15, 0.2) is 0 Å². The lowest BCUT2D eigenvalue weighted by atomic mass is 9.89. The number of piperidine rings is 1. The quantitative estimate of drug-likeness (QED) is 0.383. The van der Waals surface area contributed by atoms with Gasteiger partial charge in [-0.25, -0.2) is 18.6 Å². The minimum atomic E-state index is -3.80. The molecule has 1 aliphatic heterocycles. The van der Waals surface area contributed by atoms with E-state index in [1.807, 2.05) is 6.07 Å². The molecule has 3 N–H and O–H groups in total. The number of hydrogen-bond acceptors (Lipinski definition) is 7. The van der Waals surface area contributed by atoms with Crippen LogP contribution in [0.1, 0.15) is 43.4 Å². The van der Waals surface area contributed by atoms with E-state index in [9.17, 15) is 28.3 Å². The fourth-order valence-corrected chi connectivity index (χ4v) is 4.65. The lowest BCUT2D eigenvalue weighted by Crippen LogP contribution is -2.40. The summed E-state index contributed by atoms with van der Waals surface area (Å²) in [6.45, 7) is 2.53. The number of nitriles is 2. The number of nitrogens with two attached hydrogens (primary N) is 1. The summed E-state index contributed by atoms with van der Waals surface area (Å²) >= 11 is 0. The van der Waals surface area contributed by atoms with Crippen LogP contribution in [0.4, 0.5) is 28.2 Å². The minimum Gasteiger partial charge on any atom is -0.446 e. The molecular formula is C29H25F4N5O3. The molecule has 4 rings (SSSR count). The van der Waals surface area contributed by atoms with E-state index >= 15 is 4.39 Å².